The third kappa shape index (κ3) is 3.77. The molecule has 0 aliphatic heterocycles. The lowest BCUT2D eigenvalue weighted by Gasteiger charge is -1.95. The molecule has 0 aliphatic carbocycles. The van der Waals surface area contributed by atoms with Gasteiger partial charge in [0.25, 0.3) is 9.05 Å². The minimum Gasteiger partial charge on any atom is -0.208 e. The third-order valence-electron chi connectivity index (χ3n) is 1.37. The number of benzene rings is 1. The molecule has 0 unspecified atom stereocenters. The molecule has 1 aromatic rings. The van der Waals surface area contributed by atoms with Crippen LogP contribution >= 0.6 is 26.6 Å². The van der Waals surface area contributed by atoms with Gasteiger partial charge in [-0.05, 0) is 39.7 Å². The Morgan fingerprint density at radius 1 is 1.43 bits per heavy atom. The van der Waals surface area contributed by atoms with E-state index in [1.165, 1.54) is 24.3 Å². The predicted octanol–water partition coefficient (Wildman–Crippen LogP) is 3.13. The van der Waals surface area contributed by atoms with E-state index in [-0.39, 0.29) is 4.47 Å². The van der Waals surface area contributed by atoms with Gasteiger partial charge in [-0.1, -0.05) is 6.07 Å². The van der Waals surface area contributed by atoms with Gasteiger partial charge < -0.3 is 0 Å². The molecule has 0 atom stereocenters. The number of hydrogen-bond donors (Lipinski definition) is 0. The zero-order valence-corrected chi connectivity index (χ0v) is 9.90. The SMILES string of the molecule is O=S(=O)(Cl)C=Cc1ccc(F)c(Br)c1. The van der Waals surface area contributed by atoms with Crippen LogP contribution in [-0.2, 0) is 9.05 Å². The van der Waals surface area contributed by atoms with E-state index in [9.17, 15) is 12.8 Å². The van der Waals surface area contributed by atoms with Crippen molar-refractivity contribution in [3.63, 3.8) is 0 Å². The molecule has 0 saturated heterocycles. The van der Waals surface area contributed by atoms with Crippen LogP contribution in [0.3, 0.4) is 0 Å². The Hall–Kier alpha value is -0.390. The van der Waals surface area contributed by atoms with Crippen LogP contribution in [0.2, 0.25) is 0 Å². The molecule has 0 saturated carbocycles. The predicted molar refractivity (Wildman–Crippen MR) is 57.9 cm³/mol. The van der Waals surface area contributed by atoms with Gasteiger partial charge in [0, 0.05) is 16.1 Å². The standard InChI is InChI=1S/C8H5BrClFO2S/c9-7-5-6(1-2-8(7)11)3-4-14(10,12)13/h1-5H. The van der Waals surface area contributed by atoms with E-state index in [4.69, 9.17) is 10.7 Å². The molecule has 76 valence electrons. The van der Waals surface area contributed by atoms with Crippen molar-refractivity contribution in [3.05, 3.63) is 39.5 Å². The first-order chi connectivity index (χ1) is 6.38. The van der Waals surface area contributed by atoms with Gasteiger partial charge in [-0.25, -0.2) is 12.8 Å². The molecule has 0 radical (unpaired) electrons. The van der Waals surface area contributed by atoms with Crippen LogP contribution in [0.1, 0.15) is 5.56 Å². The summed E-state index contributed by atoms with van der Waals surface area (Å²) in [5.41, 5.74) is 0.544. The highest BCUT2D eigenvalue weighted by Crippen LogP contribution is 2.18. The Morgan fingerprint density at radius 3 is 2.57 bits per heavy atom. The minimum absolute atomic E-state index is 0.270. The lowest BCUT2D eigenvalue weighted by atomic mass is 10.2. The van der Waals surface area contributed by atoms with Crippen molar-refractivity contribution in [3.8, 4) is 0 Å². The largest absolute Gasteiger partial charge is 0.254 e. The molecule has 2 nitrogen and oxygen atoms in total. The van der Waals surface area contributed by atoms with E-state index < -0.39 is 14.9 Å². The van der Waals surface area contributed by atoms with E-state index in [2.05, 4.69) is 15.9 Å². The summed E-state index contributed by atoms with van der Waals surface area (Å²) in [6.07, 6.45) is 1.28. The maximum atomic E-state index is 12.8. The summed E-state index contributed by atoms with van der Waals surface area (Å²) in [5, 5.41) is 0.842. The van der Waals surface area contributed by atoms with Crippen molar-refractivity contribution < 1.29 is 12.8 Å². The second-order valence-electron chi connectivity index (χ2n) is 2.45. The monoisotopic (exact) mass is 298 g/mol. The first kappa shape index (κ1) is 11.7. The first-order valence-corrected chi connectivity index (χ1v) is 6.63. The van der Waals surface area contributed by atoms with Crippen molar-refractivity contribution in [2.45, 2.75) is 0 Å². The normalized spacial score (nSPS) is 12.2. The van der Waals surface area contributed by atoms with Crippen LogP contribution in [-0.4, -0.2) is 8.42 Å². The van der Waals surface area contributed by atoms with E-state index in [0.29, 0.717) is 5.56 Å². The molecule has 14 heavy (non-hydrogen) atoms. The Balaban J connectivity index is 3.00. The van der Waals surface area contributed by atoms with Gasteiger partial charge in [0.1, 0.15) is 5.82 Å². The summed E-state index contributed by atoms with van der Waals surface area (Å²) in [5.74, 6) is -0.407. The molecule has 0 amide bonds. The second kappa shape index (κ2) is 4.42. The highest BCUT2D eigenvalue weighted by molar-refractivity contribution is 9.10. The van der Waals surface area contributed by atoms with Crippen LogP contribution in [0.15, 0.2) is 28.1 Å². The molecular formula is C8H5BrClFO2S. The van der Waals surface area contributed by atoms with E-state index >= 15 is 0 Å². The van der Waals surface area contributed by atoms with Gasteiger partial charge >= 0.3 is 0 Å². The molecule has 0 N–H and O–H groups in total. The molecule has 0 spiro atoms. The van der Waals surface area contributed by atoms with E-state index in [0.717, 1.165) is 5.41 Å². The van der Waals surface area contributed by atoms with Crippen molar-refractivity contribution in [2.24, 2.45) is 0 Å². The van der Waals surface area contributed by atoms with Crippen LogP contribution in [0.5, 0.6) is 0 Å². The highest BCUT2D eigenvalue weighted by atomic mass is 79.9. The number of halogens is 3. The fourth-order valence-corrected chi connectivity index (χ4v) is 1.65. The summed E-state index contributed by atoms with van der Waals surface area (Å²) in [6.45, 7) is 0. The Labute approximate surface area is 93.9 Å². The molecule has 0 bridgehead atoms. The lowest BCUT2D eigenvalue weighted by Crippen LogP contribution is -1.81. The average molecular weight is 300 g/mol. The average Bonchev–Trinajstić information content (AvgIpc) is 2.06. The molecule has 0 fully saturated rings. The summed E-state index contributed by atoms with van der Waals surface area (Å²) in [7, 11) is 1.29. The van der Waals surface area contributed by atoms with Crippen molar-refractivity contribution in [2.75, 3.05) is 0 Å². The van der Waals surface area contributed by atoms with Crippen LogP contribution in [0.25, 0.3) is 6.08 Å². The van der Waals surface area contributed by atoms with Crippen LogP contribution in [0, 0.1) is 5.82 Å². The Morgan fingerprint density at radius 2 is 2.07 bits per heavy atom. The smallest absolute Gasteiger partial charge is 0.208 e. The maximum absolute atomic E-state index is 12.8. The molecule has 1 rings (SSSR count). The fourth-order valence-electron chi connectivity index (χ4n) is 0.776. The summed E-state index contributed by atoms with van der Waals surface area (Å²) >= 11 is 2.98. The fraction of sp³-hybridized carbons (Fsp3) is 0. The Kier molecular flexibility index (Phi) is 3.69. The number of rotatable bonds is 2. The zero-order chi connectivity index (χ0) is 10.8. The summed E-state index contributed by atoms with van der Waals surface area (Å²) in [4.78, 5) is 0. The molecule has 6 heteroatoms. The van der Waals surface area contributed by atoms with Crippen LogP contribution in [0.4, 0.5) is 4.39 Å². The van der Waals surface area contributed by atoms with Gasteiger partial charge in [0.05, 0.1) is 4.47 Å². The Bertz CT molecular complexity index is 470. The van der Waals surface area contributed by atoms with Gasteiger partial charge in [-0.2, -0.15) is 0 Å². The van der Waals surface area contributed by atoms with Gasteiger partial charge in [-0.3, -0.25) is 0 Å². The number of hydrogen-bond acceptors (Lipinski definition) is 2. The summed E-state index contributed by atoms with van der Waals surface area (Å²) < 4.78 is 34.1. The topological polar surface area (TPSA) is 34.1 Å². The minimum atomic E-state index is -3.66. The van der Waals surface area contributed by atoms with Crippen molar-refractivity contribution >= 4 is 41.7 Å². The maximum Gasteiger partial charge on any atom is 0.254 e. The van der Waals surface area contributed by atoms with Gasteiger partial charge in [0.15, 0.2) is 0 Å². The highest BCUT2D eigenvalue weighted by Gasteiger charge is 2.00. The third-order valence-corrected chi connectivity index (χ3v) is 2.74. The quantitative estimate of drug-likeness (QED) is 0.786. The van der Waals surface area contributed by atoms with E-state index in [1.807, 2.05) is 0 Å². The van der Waals surface area contributed by atoms with Gasteiger partial charge in [-0.15, -0.1) is 0 Å². The second-order valence-corrected chi connectivity index (χ2v) is 5.82. The molecular weight excluding hydrogens is 295 g/mol. The zero-order valence-electron chi connectivity index (χ0n) is 6.75. The van der Waals surface area contributed by atoms with Crippen molar-refractivity contribution in [1.29, 1.82) is 0 Å². The molecule has 0 aromatic heterocycles. The van der Waals surface area contributed by atoms with Crippen molar-refractivity contribution in [1.82, 2.24) is 0 Å². The van der Waals surface area contributed by atoms with E-state index in [1.54, 1.807) is 0 Å². The first-order valence-electron chi connectivity index (χ1n) is 3.46. The molecule has 0 heterocycles. The molecule has 0 aliphatic rings. The molecule has 1 aromatic carbocycles. The van der Waals surface area contributed by atoms with Crippen LogP contribution < -0.4 is 0 Å². The van der Waals surface area contributed by atoms with Gasteiger partial charge in [0.2, 0.25) is 0 Å². The summed E-state index contributed by atoms with van der Waals surface area (Å²) in [6, 6.07) is 4.12. The lowest BCUT2D eigenvalue weighted by molar-refractivity contribution is 0.617.